The third-order valence-corrected chi connectivity index (χ3v) is 5.67. The summed E-state index contributed by atoms with van der Waals surface area (Å²) in [4.78, 5) is 13.0. The quantitative estimate of drug-likeness (QED) is 0.901. The fourth-order valence-corrected chi connectivity index (χ4v) is 4.06. The number of piperidine rings is 1. The van der Waals surface area contributed by atoms with Crippen molar-refractivity contribution in [2.75, 3.05) is 27.2 Å². The highest BCUT2D eigenvalue weighted by Crippen LogP contribution is 2.23. The molecule has 116 valence electrons. The number of benzene rings is 1. The van der Waals surface area contributed by atoms with E-state index in [0.717, 1.165) is 12.8 Å². The fraction of sp³-hybridized carbons (Fsp3) is 0.500. The van der Waals surface area contributed by atoms with E-state index in [0.29, 0.717) is 13.1 Å². The summed E-state index contributed by atoms with van der Waals surface area (Å²) < 4.78 is 26.7. The molecule has 6 nitrogen and oxygen atoms in total. The van der Waals surface area contributed by atoms with E-state index >= 15 is 0 Å². The zero-order valence-electron chi connectivity index (χ0n) is 12.2. The standard InChI is InChI=1S/C14H20N2O4S/c1-15(2)12-6-4-8-16(10-12)21(19,20)13-7-3-5-11(9-13)14(17)18/h3,5,7,9,12H,4,6,8,10H2,1-2H3,(H,17,18). The average Bonchev–Trinajstić information content (AvgIpc) is 2.47. The molecule has 1 N–H and O–H groups in total. The number of sulfonamides is 1. The van der Waals surface area contributed by atoms with Gasteiger partial charge in [0.05, 0.1) is 10.5 Å². The highest BCUT2D eigenvalue weighted by atomic mass is 32.2. The van der Waals surface area contributed by atoms with Crippen LogP contribution in [-0.2, 0) is 10.0 Å². The van der Waals surface area contributed by atoms with E-state index in [2.05, 4.69) is 0 Å². The van der Waals surface area contributed by atoms with Crippen molar-refractivity contribution in [3.8, 4) is 0 Å². The number of hydrogen-bond donors (Lipinski definition) is 1. The van der Waals surface area contributed by atoms with Gasteiger partial charge in [0.15, 0.2) is 0 Å². The SMILES string of the molecule is CN(C)C1CCCN(S(=O)(=O)c2cccc(C(=O)O)c2)C1. The molecule has 1 saturated heterocycles. The van der Waals surface area contributed by atoms with Gasteiger partial charge in [0.2, 0.25) is 10.0 Å². The van der Waals surface area contributed by atoms with Crippen molar-refractivity contribution in [3.63, 3.8) is 0 Å². The van der Waals surface area contributed by atoms with Crippen LogP contribution in [-0.4, -0.2) is 61.9 Å². The number of nitrogens with zero attached hydrogens (tertiary/aromatic N) is 2. The van der Waals surface area contributed by atoms with Gasteiger partial charge in [0.25, 0.3) is 0 Å². The van der Waals surface area contributed by atoms with Gasteiger partial charge in [-0.2, -0.15) is 4.31 Å². The van der Waals surface area contributed by atoms with E-state index in [9.17, 15) is 13.2 Å². The first-order valence-corrected chi connectivity index (χ1v) is 8.26. The summed E-state index contributed by atoms with van der Waals surface area (Å²) in [5.74, 6) is -1.13. The predicted molar refractivity (Wildman–Crippen MR) is 78.9 cm³/mol. The molecule has 2 rings (SSSR count). The number of carboxylic acid groups (broad SMARTS) is 1. The highest BCUT2D eigenvalue weighted by Gasteiger charge is 2.31. The summed E-state index contributed by atoms with van der Waals surface area (Å²) in [5.41, 5.74) is -0.0164. The second kappa shape index (κ2) is 6.13. The Morgan fingerprint density at radius 2 is 2.10 bits per heavy atom. The van der Waals surface area contributed by atoms with Gasteiger partial charge in [0.1, 0.15) is 0 Å². The van der Waals surface area contributed by atoms with Gasteiger partial charge in [-0.25, -0.2) is 13.2 Å². The predicted octanol–water partition coefficient (Wildman–Crippen LogP) is 1.10. The number of aromatic carboxylic acids is 1. The minimum atomic E-state index is -3.64. The Hall–Kier alpha value is -1.44. The maximum Gasteiger partial charge on any atom is 0.335 e. The number of carbonyl (C=O) groups is 1. The molecular formula is C14H20N2O4S. The van der Waals surface area contributed by atoms with Gasteiger partial charge in [-0.1, -0.05) is 6.07 Å². The third-order valence-electron chi connectivity index (χ3n) is 3.81. The van der Waals surface area contributed by atoms with Crippen molar-refractivity contribution in [1.29, 1.82) is 0 Å². The number of hydrogen-bond acceptors (Lipinski definition) is 4. The molecule has 1 atom stereocenters. The van der Waals surface area contributed by atoms with Crippen LogP contribution in [0.25, 0.3) is 0 Å². The van der Waals surface area contributed by atoms with Crippen LogP contribution < -0.4 is 0 Å². The first kappa shape index (κ1) is 15.9. The Bertz CT molecular complexity index is 628. The lowest BCUT2D eigenvalue weighted by Crippen LogP contribution is -2.47. The van der Waals surface area contributed by atoms with E-state index in [4.69, 9.17) is 5.11 Å². The van der Waals surface area contributed by atoms with E-state index in [-0.39, 0.29) is 16.5 Å². The molecule has 1 heterocycles. The Morgan fingerprint density at radius 3 is 2.71 bits per heavy atom. The molecule has 0 aromatic heterocycles. The normalized spacial score (nSPS) is 20.6. The van der Waals surface area contributed by atoms with Crippen molar-refractivity contribution in [3.05, 3.63) is 29.8 Å². The molecule has 0 radical (unpaired) electrons. The summed E-state index contributed by atoms with van der Waals surface area (Å²) in [6.07, 6.45) is 1.77. The van der Waals surface area contributed by atoms with Crippen molar-refractivity contribution >= 4 is 16.0 Å². The maximum absolute atomic E-state index is 12.6. The average molecular weight is 312 g/mol. The van der Waals surface area contributed by atoms with Gasteiger partial charge < -0.3 is 10.0 Å². The van der Waals surface area contributed by atoms with Crippen molar-refractivity contribution in [2.45, 2.75) is 23.8 Å². The van der Waals surface area contributed by atoms with Crippen LogP contribution in [0, 0.1) is 0 Å². The van der Waals surface area contributed by atoms with Crippen LogP contribution in [0.3, 0.4) is 0 Å². The number of carboxylic acids is 1. The molecule has 1 aliphatic heterocycles. The lowest BCUT2D eigenvalue weighted by atomic mass is 10.1. The summed E-state index contributed by atoms with van der Waals surface area (Å²) >= 11 is 0. The molecule has 0 spiro atoms. The van der Waals surface area contributed by atoms with Crippen LogP contribution in [0.5, 0.6) is 0 Å². The molecule has 1 aromatic carbocycles. The molecule has 1 unspecified atom stereocenters. The molecule has 0 aliphatic carbocycles. The van der Waals surface area contributed by atoms with Crippen LogP contribution >= 0.6 is 0 Å². The summed E-state index contributed by atoms with van der Waals surface area (Å²) in [7, 11) is 0.232. The molecule has 1 aliphatic rings. The third kappa shape index (κ3) is 3.42. The van der Waals surface area contributed by atoms with Crippen LogP contribution in [0.4, 0.5) is 0 Å². The molecule has 7 heteroatoms. The van der Waals surface area contributed by atoms with Gasteiger partial charge in [-0.05, 0) is 45.1 Å². The Labute approximate surface area is 125 Å². The van der Waals surface area contributed by atoms with Gasteiger partial charge in [-0.15, -0.1) is 0 Å². The Balaban J connectivity index is 2.29. The van der Waals surface area contributed by atoms with Gasteiger partial charge in [0, 0.05) is 19.1 Å². The molecule has 1 fully saturated rings. The van der Waals surface area contributed by atoms with E-state index < -0.39 is 16.0 Å². The first-order chi connectivity index (χ1) is 9.82. The van der Waals surface area contributed by atoms with Gasteiger partial charge in [-0.3, -0.25) is 0 Å². The van der Waals surface area contributed by atoms with E-state index in [1.807, 2.05) is 19.0 Å². The number of rotatable bonds is 4. The second-order valence-electron chi connectivity index (χ2n) is 5.46. The van der Waals surface area contributed by atoms with Crippen molar-refractivity contribution in [1.82, 2.24) is 9.21 Å². The smallest absolute Gasteiger partial charge is 0.335 e. The first-order valence-electron chi connectivity index (χ1n) is 6.82. The summed E-state index contributed by atoms with van der Waals surface area (Å²) in [6, 6.07) is 5.71. The molecular weight excluding hydrogens is 292 g/mol. The lowest BCUT2D eigenvalue weighted by molar-refractivity contribution is 0.0696. The van der Waals surface area contributed by atoms with E-state index in [1.54, 1.807) is 0 Å². The summed E-state index contributed by atoms with van der Waals surface area (Å²) in [5, 5.41) is 8.99. The minimum Gasteiger partial charge on any atom is -0.478 e. The van der Waals surface area contributed by atoms with Crippen molar-refractivity contribution in [2.24, 2.45) is 0 Å². The Kier molecular flexibility index (Phi) is 4.65. The van der Waals surface area contributed by atoms with E-state index in [1.165, 1.54) is 28.6 Å². The zero-order valence-corrected chi connectivity index (χ0v) is 13.0. The van der Waals surface area contributed by atoms with Crippen LogP contribution in [0.15, 0.2) is 29.2 Å². The molecule has 21 heavy (non-hydrogen) atoms. The minimum absolute atomic E-state index is 0.0164. The second-order valence-corrected chi connectivity index (χ2v) is 7.39. The van der Waals surface area contributed by atoms with Gasteiger partial charge >= 0.3 is 5.97 Å². The maximum atomic E-state index is 12.6. The summed E-state index contributed by atoms with van der Waals surface area (Å²) in [6.45, 7) is 0.913. The topological polar surface area (TPSA) is 77.9 Å². The van der Waals surface area contributed by atoms with Crippen LogP contribution in [0.1, 0.15) is 23.2 Å². The Morgan fingerprint density at radius 1 is 1.38 bits per heavy atom. The molecule has 1 aromatic rings. The monoisotopic (exact) mass is 312 g/mol. The largest absolute Gasteiger partial charge is 0.478 e. The highest BCUT2D eigenvalue weighted by molar-refractivity contribution is 7.89. The molecule has 0 amide bonds. The lowest BCUT2D eigenvalue weighted by Gasteiger charge is -2.35. The van der Waals surface area contributed by atoms with Crippen molar-refractivity contribution < 1.29 is 18.3 Å². The van der Waals surface area contributed by atoms with Crippen LogP contribution in [0.2, 0.25) is 0 Å². The molecule has 0 bridgehead atoms. The number of likely N-dealkylation sites (N-methyl/N-ethyl adjacent to an activating group) is 1. The zero-order chi connectivity index (χ0) is 15.6. The molecule has 0 saturated carbocycles. The fourth-order valence-electron chi connectivity index (χ4n) is 2.50.